The van der Waals surface area contributed by atoms with Gasteiger partial charge in [-0.05, 0) is 52.6 Å². The number of carbonyl (C=O) groups is 1. The van der Waals surface area contributed by atoms with Crippen molar-refractivity contribution in [3.05, 3.63) is 125 Å². The lowest BCUT2D eigenvalue weighted by Gasteiger charge is -2.07. The highest BCUT2D eigenvalue weighted by atomic mass is 35.5. The van der Waals surface area contributed by atoms with Crippen molar-refractivity contribution >= 4 is 23.5 Å². The minimum atomic E-state index is -0.131. The number of halogens is 1. The van der Waals surface area contributed by atoms with Crippen LogP contribution in [0.4, 0.5) is 0 Å². The summed E-state index contributed by atoms with van der Waals surface area (Å²) in [6.45, 7) is 0.379. The van der Waals surface area contributed by atoms with Gasteiger partial charge < -0.3 is 9.47 Å². The van der Waals surface area contributed by atoms with Crippen LogP contribution in [0.1, 0.15) is 21.5 Å². The van der Waals surface area contributed by atoms with Gasteiger partial charge in [0.1, 0.15) is 18.1 Å². The number of hydrogen-bond acceptors (Lipinski definition) is 3. The summed E-state index contributed by atoms with van der Waals surface area (Å²) >= 11 is 6.02. The van der Waals surface area contributed by atoms with Crippen molar-refractivity contribution in [3.63, 3.8) is 0 Å². The molecule has 4 aromatic carbocycles. The molecule has 0 unspecified atom stereocenters. The fourth-order valence-corrected chi connectivity index (χ4v) is 3.82. The predicted octanol–water partition coefficient (Wildman–Crippen LogP) is 7.20. The largest absolute Gasteiger partial charge is 0.489 e. The lowest BCUT2D eigenvalue weighted by atomic mass is 10.0. The maximum absolute atomic E-state index is 12.8. The number of carbonyl (C=O) groups excluding carboxylic acids is 1. The van der Waals surface area contributed by atoms with Crippen LogP contribution in [0.5, 0.6) is 11.5 Å². The first-order valence-electron chi connectivity index (χ1n) is 10.3. The van der Waals surface area contributed by atoms with Crippen LogP contribution in [-0.2, 0) is 6.61 Å². The summed E-state index contributed by atoms with van der Waals surface area (Å²) in [7, 11) is 0. The molecule has 1 aliphatic rings. The molecule has 4 heteroatoms. The van der Waals surface area contributed by atoms with E-state index in [0.29, 0.717) is 34.5 Å². The minimum absolute atomic E-state index is 0.131. The fourth-order valence-electron chi connectivity index (χ4n) is 3.60. The van der Waals surface area contributed by atoms with Crippen molar-refractivity contribution in [1.82, 2.24) is 0 Å². The van der Waals surface area contributed by atoms with E-state index in [1.165, 1.54) is 0 Å². The Labute approximate surface area is 191 Å². The van der Waals surface area contributed by atoms with Gasteiger partial charge >= 0.3 is 0 Å². The molecule has 0 amide bonds. The first-order valence-corrected chi connectivity index (χ1v) is 10.6. The van der Waals surface area contributed by atoms with Crippen LogP contribution in [0.2, 0.25) is 5.02 Å². The summed E-state index contributed by atoms with van der Waals surface area (Å²) < 4.78 is 11.7. The lowest BCUT2D eigenvalue weighted by Crippen LogP contribution is -1.98. The highest BCUT2D eigenvalue weighted by molar-refractivity contribution is 6.30. The first-order chi connectivity index (χ1) is 15.7. The third kappa shape index (κ3) is 4.29. The second kappa shape index (κ2) is 8.74. The molecule has 0 aromatic heterocycles. The van der Waals surface area contributed by atoms with E-state index in [9.17, 15) is 4.79 Å². The topological polar surface area (TPSA) is 35.5 Å². The molecule has 0 radical (unpaired) electrons. The van der Waals surface area contributed by atoms with Crippen LogP contribution >= 0.6 is 11.6 Å². The lowest BCUT2D eigenvalue weighted by molar-refractivity contribution is 0.101. The van der Waals surface area contributed by atoms with Gasteiger partial charge in [0, 0.05) is 11.1 Å². The molecule has 4 aromatic rings. The van der Waals surface area contributed by atoms with Crippen LogP contribution in [0.25, 0.3) is 17.2 Å². The van der Waals surface area contributed by atoms with E-state index in [1.807, 2.05) is 66.7 Å². The maximum Gasteiger partial charge on any atom is 0.231 e. The molecule has 0 saturated heterocycles. The van der Waals surface area contributed by atoms with Gasteiger partial charge in [-0.25, -0.2) is 0 Å². The predicted molar refractivity (Wildman–Crippen MR) is 127 cm³/mol. The summed E-state index contributed by atoms with van der Waals surface area (Å²) in [5.74, 6) is 1.31. The SMILES string of the molecule is O=C1C(=Cc2ccc(-c3ccccc3)cc2)Oc2cc(OCc3cccc(Cl)c3)ccc21. The van der Waals surface area contributed by atoms with Crippen LogP contribution in [-0.4, -0.2) is 5.78 Å². The number of ketones is 1. The number of benzene rings is 4. The second-order valence-electron chi connectivity index (χ2n) is 7.50. The quantitative estimate of drug-likeness (QED) is 0.309. The molecule has 0 fully saturated rings. The number of hydrogen-bond donors (Lipinski definition) is 0. The highest BCUT2D eigenvalue weighted by Crippen LogP contribution is 2.35. The van der Waals surface area contributed by atoms with Gasteiger partial charge in [-0.3, -0.25) is 4.79 Å². The van der Waals surface area contributed by atoms with Gasteiger partial charge in [0.05, 0.1) is 5.56 Å². The molecule has 0 bridgehead atoms. The Hall–Kier alpha value is -3.82. The summed E-state index contributed by atoms with van der Waals surface area (Å²) in [6, 6.07) is 31.0. The Morgan fingerprint density at radius 1 is 0.812 bits per heavy atom. The molecule has 0 saturated carbocycles. The molecule has 3 nitrogen and oxygen atoms in total. The van der Waals surface area contributed by atoms with E-state index < -0.39 is 0 Å². The van der Waals surface area contributed by atoms with Gasteiger partial charge in [0.25, 0.3) is 0 Å². The van der Waals surface area contributed by atoms with E-state index >= 15 is 0 Å². The van der Waals surface area contributed by atoms with Crippen molar-refractivity contribution in [2.24, 2.45) is 0 Å². The molecular weight excluding hydrogens is 420 g/mol. The number of fused-ring (bicyclic) bond motifs is 1. The Balaban J connectivity index is 1.31. The molecular formula is C28H19ClO3. The van der Waals surface area contributed by atoms with E-state index in [-0.39, 0.29) is 5.78 Å². The molecule has 0 spiro atoms. The van der Waals surface area contributed by atoms with E-state index in [4.69, 9.17) is 21.1 Å². The first kappa shape index (κ1) is 20.1. The third-order valence-electron chi connectivity index (χ3n) is 5.25. The zero-order valence-corrected chi connectivity index (χ0v) is 17.9. The van der Waals surface area contributed by atoms with Crippen molar-refractivity contribution in [3.8, 4) is 22.6 Å². The van der Waals surface area contributed by atoms with Gasteiger partial charge in [0.2, 0.25) is 5.78 Å². The normalized spacial score (nSPS) is 13.7. The number of ether oxygens (including phenoxy) is 2. The summed E-state index contributed by atoms with van der Waals surface area (Å²) in [6.07, 6.45) is 1.77. The zero-order chi connectivity index (χ0) is 21.9. The third-order valence-corrected chi connectivity index (χ3v) is 5.49. The Kier molecular flexibility index (Phi) is 5.49. The Bertz CT molecular complexity index is 1310. The Morgan fingerprint density at radius 3 is 2.38 bits per heavy atom. The van der Waals surface area contributed by atoms with Crippen LogP contribution in [0.15, 0.2) is 103 Å². The Morgan fingerprint density at radius 2 is 1.59 bits per heavy atom. The van der Waals surface area contributed by atoms with E-state index in [0.717, 1.165) is 22.3 Å². The highest BCUT2D eigenvalue weighted by Gasteiger charge is 2.27. The molecule has 1 heterocycles. The zero-order valence-electron chi connectivity index (χ0n) is 17.1. The minimum Gasteiger partial charge on any atom is -0.489 e. The molecule has 0 atom stereocenters. The average molecular weight is 439 g/mol. The smallest absolute Gasteiger partial charge is 0.231 e. The van der Waals surface area contributed by atoms with Crippen molar-refractivity contribution in [2.45, 2.75) is 6.61 Å². The van der Waals surface area contributed by atoms with E-state index in [2.05, 4.69) is 12.1 Å². The van der Waals surface area contributed by atoms with Gasteiger partial charge in [-0.2, -0.15) is 0 Å². The second-order valence-corrected chi connectivity index (χ2v) is 7.94. The molecule has 1 aliphatic heterocycles. The van der Waals surface area contributed by atoms with Crippen LogP contribution < -0.4 is 9.47 Å². The summed E-state index contributed by atoms with van der Waals surface area (Å²) in [5.41, 5.74) is 4.67. The van der Waals surface area contributed by atoms with E-state index in [1.54, 1.807) is 24.3 Å². The molecule has 5 rings (SSSR count). The summed E-state index contributed by atoms with van der Waals surface area (Å²) in [4.78, 5) is 12.8. The average Bonchev–Trinajstić information content (AvgIpc) is 3.13. The molecule has 0 N–H and O–H groups in total. The van der Waals surface area contributed by atoms with Gasteiger partial charge in [-0.15, -0.1) is 0 Å². The number of rotatable bonds is 5. The molecule has 32 heavy (non-hydrogen) atoms. The number of allylic oxidation sites excluding steroid dienone is 1. The monoisotopic (exact) mass is 438 g/mol. The van der Waals surface area contributed by atoms with Gasteiger partial charge in [-0.1, -0.05) is 78.3 Å². The van der Waals surface area contributed by atoms with Crippen molar-refractivity contribution in [2.75, 3.05) is 0 Å². The summed E-state index contributed by atoms with van der Waals surface area (Å²) in [5, 5.41) is 0.667. The van der Waals surface area contributed by atoms with Crippen LogP contribution in [0, 0.1) is 0 Å². The molecule has 156 valence electrons. The fraction of sp³-hybridized carbons (Fsp3) is 0.0357. The maximum atomic E-state index is 12.8. The van der Waals surface area contributed by atoms with Crippen LogP contribution in [0.3, 0.4) is 0 Å². The van der Waals surface area contributed by atoms with Crippen molar-refractivity contribution in [1.29, 1.82) is 0 Å². The number of Topliss-reactive ketones (excluding diaryl/α,β-unsaturated/α-hetero) is 1. The standard InChI is InChI=1S/C28H19ClO3/c29-23-8-4-5-20(15-23)18-31-24-13-14-25-26(17-24)32-27(28(25)30)16-19-9-11-22(12-10-19)21-6-2-1-3-7-21/h1-17H,18H2. The molecule has 0 aliphatic carbocycles. The van der Waals surface area contributed by atoms with Crippen molar-refractivity contribution < 1.29 is 14.3 Å². The van der Waals surface area contributed by atoms with Gasteiger partial charge in [0.15, 0.2) is 5.76 Å².